The van der Waals surface area contributed by atoms with Crippen molar-refractivity contribution in [3.63, 3.8) is 0 Å². The highest BCUT2D eigenvalue weighted by atomic mass is 35.5. The SMILES string of the molecule is COC(=O)c1ccc(N2CCN(Cc3cc(Cl)ccc3-c3ccccc3)CC2)cc1Oc1ccccc1. The lowest BCUT2D eigenvalue weighted by Gasteiger charge is -2.36. The van der Waals surface area contributed by atoms with Gasteiger partial charge in [0.15, 0.2) is 0 Å². The van der Waals surface area contributed by atoms with Gasteiger partial charge in [0.05, 0.1) is 7.11 Å². The standard InChI is InChI=1S/C31H29ClN2O3/c1-36-31(35)29-15-13-26(21-30(29)37-27-10-6-3-7-11-27)34-18-16-33(17-19-34)22-24-20-25(32)12-14-28(24)23-8-4-2-5-9-23/h2-15,20-21H,16-19,22H2,1H3. The quantitative estimate of drug-likeness (QED) is 0.252. The van der Waals surface area contributed by atoms with Crippen molar-refractivity contribution >= 4 is 23.3 Å². The Morgan fingerprint density at radius 2 is 1.54 bits per heavy atom. The van der Waals surface area contributed by atoms with Gasteiger partial charge in [-0.2, -0.15) is 0 Å². The number of carbonyl (C=O) groups excluding carboxylic acids is 1. The lowest BCUT2D eigenvalue weighted by Crippen LogP contribution is -2.46. The van der Waals surface area contributed by atoms with Crippen LogP contribution >= 0.6 is 11.6 Å². The van der Waals surface area contributed by atoms with E-state index in [0.29, 0.717) is 17.1 Å². The Hall–Kier alpha value is -3.80. The number of ether oxygens (including phenoxy) is 2. The fourth-order valence-electron chi connectivity index (χ4n) is 4.68. The Kier molecular flexibility index (Phi) is 7.73. The third kappa shape index (κ3) is 5.96. The molecule has 0 atom stereocenters. The first-order chi connectivity index (χ1) is 18.1. The molecule has 5 rings (SSSR count). The molecular weight excluding hydrogens is 484 g/mol. The van der Waals surface area contributed by atoms with E-state index in [9.17, 15) is 4.79 Å². The second-order valence-electron chi connectivity index (χ2n) is 9.02. The summed E-state index contributed by atoms with van der Waals surface area (Å²) in [4.78, 5) is 17.1. The molecule has 0 bridgehead atoms. The molecule has 5 nitrogen and oxygen atoms in total. The molecule has 1 heterocycles. The summed E-state index contributed by atoms with van der Waals surface area (Å²) in [6.45, 7) is 4.39. The molecule has 0 N–H and O–H groups in total. The van der Waals surface area contributed by atoms with E-state index in [4.69, 9.17) is 21.1 Å². The van der Waals surface area contributed by atoms with Crippen LogP contribution < -0.4 is 9.64 Å². The summed E-state index contributed by atoms with van der Waals surface area (Å²) < 4.78 is 11.1. The summed E-state index contributed by atoms with van der Waals surface area (Å²) in [5.41, 5.74) is 5.07. The molecule has 4 aromatic rings. The Bertz CT molecular complexity index is 1350. The van der Waals surface area contributed by atoms with Crippen LogP contribution in [-0.2, 0) is 11.3 Å². The van der Waals surface area contributed by atoms with E-state index in [1.54, 1.807) is 6.07 Å². The van der Waals surface area contributed by atoms with Gasteiger partial charge in [-0.3, -0.25) is 4.90 Å². The number of nitrogens with zero attached hydrogens (tertiary/aromatic N) is 2. The lowest BCUT2D eigenvalue weighted by molar-refractivity contribution is 0.0598. The van der Waals surface area contributed by atoms with Crippen molar-refractivity contribution in [1.82, 2.24) is 4.90 Å². The van der Waals surface area contributed by atoms with Gasteiger partial charge < -0.3 is 14.4 Å². The molecule has 0 unspecified atom stereocenters. The second kappa shape index (κ2) is 11.5. The number of hydrogen-bond donors (Lipinski definition) is 0. The van der Waals surface area contributed by atoms with Crippen molar-refractivity contribution in [2.75, 3.05) is 38.2 Å². The fourth-order valence-corrected chi connectivity index (χ4v) is 4.88. The number of anilines is 1. The van der Waals surface area contributed by atoms with Gasteiger partial charge in [-0.05, 0) is 53.1 Å². The highest BCUT2D eigenvalue weighted by Gasteiger charge is 2.21. The molecule has 37 heavy (non-hydrogen) atoms. The van der Waals surface area contributed by atoms with Crippen molar-refractivity contribution in [1.29, 1.82) is 0 Å². The number of para-hydroxylation sites is 1. The normalized spacial score (nSPS) is 13.8. The summed E-state index contributed by atoms with van der Waals surface area (Å²) in [7, 11) is 1.38. The van der Waals surface area contributed by atoms with Crippen molar-refractivity contribution < 1.29 is 14.3 Å². The minimum atomic E-state index is -0.418. The number of esters is 1. The number of hydrogen-bond acceptors (Lipinski definition) is 5. The highest BCUT2D eigenvalue weighted by molar-refractivity contribution is 6.30. The summed E-state index contributed by atoms with van der Waals surface area (Å²) >= 11 is 6.37. The molecule has 1 saturated heterocycles. The molecule has 0 aromatic heterocycles. The molecule has 0 spiro atoms. The molecule has 0 amide bonds. The molecule has 188 valence electrons. The first-order valence-corrected chi connectivity index (χ1v) is 12.7. The van der Waals surface area contributed by atoms with Crippen LogP contribution in [0.3, 0.4) is 0 Å². The minimum absolute atomic E-state index is 0.406. The molecule has 1 aliphatic rings. The number of rotatable bonds is 7. The van der Waals surface area contributed by atoms with Crippen LogP contribution in [0.1, 0.15) is 15.9 Å². The summed E-state index contributed by atoms with van der Waals surface area (Å²) in [6, 6.07) is 31.7. The summed E-state index contributed by atoms with van der Waals surface area (Å²) in [6.07, 6.45) is 0. The van der Waals surface area contributed by atoms with Gasteiger partial charge in [-0.25, -0.2) is 4.79 Å². The van der Waals surface area contributed by atoms with E-state index in [2.05, 4.69) is 46.2 Å². The van der Waals surface area contributed by atoms with Crippen LogP contribution in [0.4, 0.5) is 5.69 Å². The Morgan fingerprint density at radius 1 is 0.838 bits per heavy atom. The maximum Gasteiger partial charge on any atom is 0.341 e. The molecule has 4 aromatic carbocycles. The van der Waals surface area contributed by atoms with E-state index in [1.165, 1.54) is 23.8 Å². The van der Waals surface area contributed by atoms with Gasteiger partial charge in [-0.1, -0.05) is 66.2 Å². The van der Waals surface area contributed by atoms with E-state index in [0.717, 1.165) is 43.4 Å². The zero-order valence-electron chi connectivity index (χ0n) is 20.8. The molecule has 0 aliphatic carbocycles. The fraction of sp³-hybridized carbons (Fsp3) is 0.194. The van der Waals surface area contributed by atoms with E-state index in [-0.39, 0.29) is 0 Å². The molecule has 1 aliphatic heterocycles. The van der Waals surface area contributed by atoms with Crippen LogP contribution in [0.15, 0.2) is 97.1 Å². The largest absolute Gasteiger partial charge is 0.465 e. The monoisotopic (exact) mass is 512 g/mol. The third-order valence-electron chi connectivity index (χ3n) is 6.62. The lowest BCUT2D eigenvalue weighted by atomic mass is 9.99. The third-order valence-corrected chi connectivity index (χ3v) is 6.86. The van der Waals surface area contributed by atoms with Crippen LogP contribution in [0.5, 0.6) is 11.5 Å². The van der Waals surface area contributed by atoms with Gasteiger partial charge in [0.2, 0.25) is 0 Å². The minimum Gasteiger partial charge on any atom is -0.465 e. The predicted molar refractivity (Wildman–Crippen MR) is 149 cm³/mol. The number of halogens is 1. The van der Waals surface area contributed by atoms with Gasteiger partial charge in [0.25, 0.3) is 0 Å². The first kappa shape index (κ1) is 24.9. The smallest absolute Gasteiger partial charge is 0.341 e. The van der Waals surface area contributed by atoms with E-state index < -0.39 is 5.97 Å². The van der Waals surface area contributed by atoms with Crippen molar-refractivity contribution in [3.8, 4) is 22.6 Å². The van der Waals surface area contributed by atoms with Crippen molar-refractivity contribution in [2.24, 2.45) is 0 Å². The molecule has 6 heteroatoms. The van der Waals surface area contributed by atoms with Crippen LogP contribution in [0, 0.1) is 0 Å². The van der Waals surface area contributed by atoms with Gasteiger partial charge in [0.1, 0.15) is 17.1 Å². The molecule has 1 fully saturated rings. The van der Waals surface area contributed by atoms with Crippen LogP contribution in [0.2, 0.25) is 5.02 Å². The summed E-state index contributed by atoms with van der Waals surface area (Å²) in [5.74, 6) is 0.743. The summed E-state index contributed by atoms with van der Waals surface area (Å²) in [5, 5.41) is 0.755. The molecular formula is C31H29ClN2O3. The zero-order chi connectivity index (χ0) is 25.6. The number of carbonyl (C=O) groups is 1. The van der Waals surface area contributed by atoms with E-state index >= 15 is 0 Å². The molecule has 0 saturated carbocycles. The molecule has 0 radical (unpaired) electrons. The number of piperazine rings is 1. The average Bonchev–Trinajstić information content (AvgIpc) is 2.94. The Balaban J connectivity index is 1.30. The van der Waals surface area contributed by atoms with Crippen LogP contribution in [0.25, 0.3) is 11.1 Å². The average molecular weight is 513 g/mol. The maximum absolute atomic E-state index is 12.4. The highest BCUT2D eigenvalue weighted by Crippen LogP contribution is 2.32. The van der Waals surface area contributed by atoms with Crippen molar-refractivity contribution in [2.45, 2.75) is 6.54 Å². The topological polar surface area (TPSA) is 42.0 Å². The Morgan fingerprint density at radius 3 is 2.24 bits per heavy atom. The number of benzene rings is 4. The Labute approximate surface area is 222 Å². The number of methoxy groups -OCH3 is 1. The van der Waals surface area contributed by atoms with E-state index in [1.807, 2.05) is 54.6 Å². The van der Waals surface area contributed by atoms with Gasteiger partial charge in [0, 0.05) is 49.5 Å². The maximum atomic E-state index is 12.4. The first-order valence-electron chi connectivity index (χ1n) is 12.4. The van der Waals surface area contributed by atoms with Gasteiger partial charge in [-0.15, -0.1) is 0 Å². The zero-order valence-corrected chi connectivity index (χ0v) is 21.5. The second-order valence-corrected chi connectivity index (χ2v) is 9.45. The van der Waals surface area contributed by atoms with Crippen LogP contribution in [-0.4, -0.2) is 44.2 Å². The van der Waals surface area contributed by atoms with Gasteiger partial charge >= 0.3 is 5.97 Å². The predicted octanol–water partition coefficient (Wildman–Crippen LogP) is 6.91. The van der Waals surface area contributed by atoms with Crippen molar-refractivity contribution in [3.05, 3.63) is 113 Å².